The van der Waals surface area contributed by atoms with Crippen molar-refractivity contribution in [1.82, 2.24) is 4.90 Å². The molecular weight excluding hydrogens is 298 g/mol. The van der Waals surface area contributed by atoms with Crippen LogP contribution in [0.25, 0.3) is 0 Å². The normalized spacial score (nSPS) is 19.8. The van der Waals surface area contributed by atoms with Crippen molar-refractivity contribution in [3.05, 3.63) is 0 Å². The molecule has 0 aliphatic carbocycles. The van der Waals surface area contributed by atoms with E-state index in [1.807, 2.05) is 20.8 Å². The van der Waals surface area contributed by atoms with E-state index in [1.165, 1.54) is 0 Å². The van der Waals surface area contributed by atoms with E-state index in [2.05, 4.69) is 33.9 Å². The van der Waals surface area contributed by atoms with Gasteiger partial charge in [0.1, 0.15) is 5.60 Å². The molecule has 0 aromatic rings. The summed E-state index contributed by atoms with van der Waals surface area (Å²) in [5, 5.41) is 9.97. The molecule has 0 saturated carbocycles. The van der Waals surface area contributed by atoms with Crippen molar-refractivity contribution >= 4 is 15.1 Å². The van der Waals surface area contributed by atoms with E-state index in [0.717, 1.165) is 0 Å². The van der Waals surface area contributed by atoms with E-state index in [4.69, 9.17) is 9.16 Å². The molecule has 1 saturated heterocycles. The van der Waals surface area contributed by atoms with E-state index in [-0.39, 0.29) is 29.6 Å². The van der Waals surface area contributed by atoms with Crippen molar-refractivity contribution in [2.75, 3.05) is 19.7 Å². The highest BCUT2D eigenvalue weighted by molar-refractivity contribution is 6.48. The number of aliphatic hydroxyl groups is 1. The summed E-state index contributed by atoms with van der Waals surface area (Å²) in [6, 6.07) is 0. The SMILES string of the molecule is C[SiH](C)OC(C(C)(C)C)C1(CO)CN(C(=O)OC(C)(C)C)C1. The second-order valence-corrected chi connectivity index (χ2v) is 11.2. The van der Waals surface area contributed by atoms with E-state index in [9.17, 15) is 9.90 Å². The van der Waals surface area contributed by atoms with Crippen molar-refractivity contribution < 1.29 is 19.1 Å². The minimum absolute atomic E-state index is 0.0232. The molecule has 0 spiro atoms. The van der Waals surface area contributed by atoms with Crippen LogP contribution in [0.5, 0.6) is 0 Å². The summed E-state index contributed by atoms with van der Waals surface area (Å²) in [6.07, 6.45) is -0.374. The Labute approximate surface area is 136 Å². The zero-order chi connectivity index (χ0) is 17.3. The van der Waals surface area contributed by atoms with Crippen LogP contribution >= 0.6 is 0 Å². The Hall–Kier alpha value is -0.593. The average molecular weight is 332 g/mol. The third kappa shape index (κ3) is 4.70. The molecule has 1 atom stereocenters. The standard InChI is InChI=1S/C16H33NO4Si/c1-14(2,3)12(21-22(7)8)16(11-18)9-17(10-16)13(19)20-15(4,5)6/h12,18,22H,9-11H2,1-8H3. The molecule has 1 aliphatic rings. The predicted octanol–water partition coefficient (Wildman–Crippen LogP) is 2.63. The molecule has 1 fully saturated rings. The molecule has 0 aromatic carbocycles. The highest BCUT2D eigenvalue weighted by atomic mass is 28.3. The van der Waals surface area contributed by atoms with Gasteiger partial charge in [-0.1, -0.05) is 20.8 Å². The number of aliphatic hydroxyl groups excluding tert-OH is 1. The molecule has 1 heterocycles. The van der Waals surface area contributed by atoms with Crippen molar-refractivity contribution in [2.24, 2.45) is 10.8 Å². The third-order valence-corrected chi connectivity index (χ3v) is 4.55. The van der Waals surface area contributed by atoms with Crippen LogP contribution in [0, 0.1) is 10.8 Å². The Balaban J connectivity index is 2.82. The molecular formula is C16H33NO4Si. The fraction of sp³-hybridized carbons (Fsp3) is 0.938. The Morgan fingerprint density at radius 1 is 1.23 bits per heavy atom. The van der Waals surface area contributed by atoms with Gasteiger partial charge in [0.2, 0.25) is 0 Å². The summed E-state index contributed by atoms with van der Waals surface area (Å²) in [5.41, 5.74) is -0.966. The molecule has 0 bridgehead atoms. The van der Waals surface area contributed by atoms with Gasteiger partial charge >= 0.3 is 6.09 Å². The van der Waals surface area contributed by atoms with Crippen LogP contribution in [0.3, 0.4) is 0 Å². The molecule has 130 valence electrons. The van der Waals surface area contributed by atoms with Gasteiger partial charge < -0.3 is 19.2 Å². The van der Waals surface area contributed by atoms with Gasteiger partial charge in [-0.15, -0.1) is 0 Å². The predicted molar refractivity (Wildman–Crippen MR) is 90.5 cm³/mol. The lowest BCUT2D eigenvalue weighted by atomic mass is 9.67. The molecule has 6 heteroatoms. The topological polar surface area (TPSA) is 59.0 Å². The Morgan fingerprint density at radius 3 is 2.05 bits per heavy atom. The lowest BCUT2D eigenvalue weighted by molar-refractivity contribution is -0.140. The Morgan fingerprint density at radius 2 is 1.73 bits per heavy atom. The molecule has 1 unspecified atom stereocenters. The molecule has 1 amide bonds. The van der Waals surface area contributed by atoms with Crippen LogP contribution in [0.4, 0.5) is 4.79 Å². The Kier molecular flexibility index (Phi) is 5.74. The van der Waals surface area contributed by atoms with Gasteiger partial charge in [-0.3, -0.25) is 0 Å². The summed E-state index contributed by atoms with van der Waals surface area (Å²) in [5.74, 6) is 0. The summed E-state index contributed by atoms with van der Waals surface area (Å²) in [4.78, 5) is 13.8. The van der Waals surface area contributed by atoms with Gasteiger partial charge in [0.25, 0.3) is 0 Å². The van der Waals surface area contributed by atoms with Crippen LogP contribution in [-0.2, 0) is 9.16 Å². The maximum Gasteiger partial charge on any atom is 0.410 e. The second kappa shape index (κ2) is 6.49. The first kappa shape index (κ1) is 19.5. The van der Waals surface area contributed by atoms with Crippen molar-refractivity contribution in [2.45, 2.75) is 66.3 Å². The van der Waals surface area contributed by atoms with Crippen LogP contribution in [0.2, 0.25) is 13.1 Å². The summed E-state index contributed by atoms with van der Waals surface area (Å²) in [7, 11) is -1.25. The maximum absolute atomic E-state index is 12.1. The third-order valence-electron chi connectivity index (χ3n) is 3.73. The molecule has 0 aromatic heterocycles. The summed E-state index contributed by atoms with van der Waals surface area (Å²) in [6.45, 7) is 17.2. The lowest BCUT2D eigenvalue weighted by Gasteiger charge is -2.56. The maximum atomic E-state index is 12.1. The van der Waals surface area contributed by atoms with E-state index >= 15 is 0 Å². The van der Waals surface area contributed by atoms with Crippen LogP contribution in [-0.4, -0.2) is 56.5 Å². The van der Waals surface area contributed by atoms with Gasteiger partial charge in [-0.2, -0.15) is 0 Å². The van der Waals surface area contributed by atoms with Crippen molar-refractivity contribution in [1.29, 1.82) is 0 Å². The first-order chi connectivity index (χ1) is 9.81. The van der Waals surface area contributed by atoms with Crippen LogP contribution in [0.1, 0.15) is 41.5 Å². The largest absolute Gasteiger partial charge is 0.444 e. The number of amides is 1. The fourth-order valence-electron chi connectivity index (χ4n) is 3.06. The minimum Gasteiger partial charge on any atom is -0.444 e. The van der Waals surface area contributed by atoms with Gasteiger partial charge in [0.15, 0.2) is 9.04 Å². The number of carbonyl (C=O) groups is 1. The smallest absolute Gasteiger partial charge is 0.410 e. The molecule has 1 N–H and O–H groups in total. The van der Waals surface area contributed by atoms with Crippen LogP contribution in [0.15, 0.2) is 0 Å². The molecule has 22 heavy (non-hydrogen) atoms. The average Bonchev–Trinajstić information content (AvgIpc) is 2.22. The van der Waals surface area contributed by atoms with E-state index < -0.39 is 14.6 Å². The lowest BCUT2D eigenvalue weighted by Crippen LogP contribution is -2.68. The zero-order valence-corrected chi connectivity index (χ0v) is 16.5. The molecule has 5 nitrogen and oxygen atoms in total. The fourth-order valence-corrected chi connectivity index (χ4v) is 4.30. The highest BCUT2D eigenvalue weighted by Gasteiger charge is 2.55. The zero-order valence-electron chi connectivity index (χ0n) is 15.4. The van der Waals surface area contributed by atoms with Gasteiger partial charge in [-0.05, 0) is 39.3 Å². The van der Waals surface area contributed by atoms with E-state index in [1.54, 1.807) is 4.90 Å². The molecule has 1 aliphatic heterocycles. The monoisotopic (exact) mass is 331 g/mol. The first-order valence-electron chi connectivity index (χ1n) is 8.05. The minimum atomic E-state index is -1.25. The van der Waals surface area contributed by atoms with Gasteiger partial charge in [0, 0.05) is 13.1 Å². The number of hydrogen-bond acceptors (Lipinski definition) is 4. The number of hydrogen-bond donors (Lipinski definition) is 1. The summed E-state index contributed by atoms with van der Waals surface area (Å²) >= 11 is 0. The van der Waals surface area contributed by atoms with Gasteiger partial charge in [-0.25, -0.2) is 4.79 Å². The highest BCUT2D eigenvalue weighted by Crippen LogP contribution is 2.43. The number of ether oxygens (including phenoxy) is 1. The molecule has 0 radical (unpaired) electrons. The summed E-state index contributed by atoms with van der Waals surface area (Å²) < 4.78 is 11.6. The van der Waals surface area contributed by atoms with Crippen molar-refractivity contribution in [3.8, 4) is 0 Å². The molecule has 1 rings (SSSR count). The quantitative estimate of drug-likeness (QED) is 0.805. The Bertz CT molecular complexity index is 392. The number of nitrogens with zero attached hydrogens (tertiary/aromatic N) is 1. The number of rotatable bonds is 4. The number of likely N-dealkylation sites (tertiary alicyclic amines) is 1. The van der Waals surface area contributed by atoms with Crippen molar-refractivity contribution in [3.63, 3.8) is 0 Å². The first-order valence-corrected chi connectivity index (χ1v) is 10.8. The van der Waals surface area contributed by atoms with Gasteiger partial charge in [0.05, 0.1) is 18.1 Å². The van der Waals surface area contributed by atoms with E-state index in [0.29, 0.717) is 13.1 Å². The van der Waals surface area contributed by atoms with Crippen LogP contribution < -0.4 is 0 Å². The second-order valence-electron chi connectivity index (χ2n) is 8.79. The number of carbonyl (C=O) groups excluding carboxylic acids is 1.